The van der Waals surface area contributed by atoms with Gasteiger partial charge in [-0.15, -0.1) is 0 Å². The van der Waals surface area contributed by atoms with Crippen molar-refractivity contribution in [2.45, 2.75) is 57.9 Å². The highest BCUT2D eigenvalue weighted by atomic mass is 15.0. The summed E-state index contributed by atoms with van der Waals surface area (Å²) in [6, 6.07) is 0.886. The molecule has 0 spiro atoms. The van der Waals surface area contributed by atoms with Gasteiger partial charge in [0.2, 0.25) is 0 Å². The zero-order valence-corrected chi connectivity index (χ0v) is 7.73. The molecule has 1 unspecified atom stereocenters. The smallest absolute Gasteiger partial charge is 0.00791 e. The van der Waals surface area contributed by atoms with Crippen LogP contribution < -0.4 is 5.32 Å². The molecule has 66 valence electrons. The van der Waals surface area contributed by atoms with E-state index in [1.54, 1.807) is 0 Å². The Morgan fingerprint density at radius 2 is 1.91 bits per heavy atom. The van der Waals surface area contributed by atoms with Crippen LogP contribution in [0.3, 0.4) is 0 Å². The van der Waals surface area contributed by atoms with Crippen LogP contribution >= 0.6 is 0 Å². The molecular formula is C10H21N. The third kappa shape index (κ3) is 3.76. The predicted molar refractivity (Wildman–Crippen MR) is 49.8 cm³/mol. The van der Waals surface area contributed by atoms with E-state index in [1.807, 2.05) is 0 Å². The van der Waals surface area contributed by atoms with Crippen LogP contribution in [0.25, 0.3) is 0 Å². The number of rotatable bonds is 6. The lowest BCUT2D eigenvalue weighted by Crippen LogP contribution is -2.42. The summed E-state index contributed by atoms with van der Waals surface area (Å²) in [7, 11) is 0. The average Bonchev–Trinajstić information content (AvgIpc) is 1.93. The molecule has 0 aromatic carbocycles. The van der Waals surface area contributed by atoms with Crippen molar-refractivity contribution >= 4 is 0 Å². The highest BCUT2D eigenvalue weighted by Gasteiger charge is 2.14. The van der Waals surface area contributed by atoms with Gasteiger partial charge >= 0.3 is 0 Å². The maximum atomic E-state index is 3.44. The first kappa shape index (κ1) is 9.05. The molecular weight excluding hydrogens is 134 g/mol. The zero-order chi connectivity index (χ0) is 7.94. The number of unbranched alkanes of at least 4 members (excludes halogenated alkanes) is 4. The second kappa shape index (κ2) is 5.59. The fraction of sp³-hybridized carbons (Fsp3) is 1.00. The van der Waals surface area contributed by atoms with Gasteiger partial charge in [-0.2, -0.15) is 0 Å². The van der Waals surface area contributed by atoms with Crippen molar-refractivity contribution in [3.8, 4) is 0 Å². The molecule has 0 saturated carbocycles. The van der Waals surface area contributed by atoms with E-state index in [9.17, 15) is 0 Å². The molecule has 0 radical (unpaired) electrons. The molecule has 1 rings (SSSR count). The van der Waals surface area contributed by atoms with Crippen molar-refractivity contribution in [2.75, 3.05) is 6.54 Å². The molecule has 0 aliphatic carbocycles. The minimum absolute atomic E-state index is 0.886. The zero-order valence-electron chi connectivity index (χ0n) is 7.73. The first-order chi connectivity index (χ1) is 5.43. The molecule has 1 N–H and O–H groups in total. The van der Waals surface area contributed by atoms with Crippen LogP contribution in [0.15, 0.2) is 0 Å². The second-order valence-electron chi connectivity index (χ2n) is 3.64. The maximum absolute atomic E-state index is 3.44. The molecule has 1 heterocycles. The highest BCUT2D eigenvalue weighted by molar-refractivity contribution is 4.76. The van der Waals surface area contributed by atoms with Gasteiger partial charge in [-0.05, 0) is 19.4 Å². The topological polar surface area (TPSA) is 12.0 Å². The van der Waals surface area contributed by atoms with Gasteiger partial charge in [0.05, 0.1) is 0 Å². The minimum Gasteiger partial charge on any atom is -0.314 e. The van der Waals surface area contributed by atoms with Crippen LogP contribution in [0.4, 0.5) is 0 Å². The second-order valence-corrected chi connectivity index (χ2v) is 3.64. The van der Waals surface area contributed by atoms with E-state index in [4.69, 9.17) is 0 Å². The molecule has 0 bridgehead atoms. The average molecular weight is 155 g/mol. The van der Waals surface area contributed by atoms with Gasteiger partial charge in [-0.25, -0.2) is 0 Å². The van der Waals surface area contributed by atoms with Crippen molar-refractivity contribution in [3.63, 3.8) is 0 Å². The molecule has 0 aromatic heterocycles. The Balaban J connectivity index is 1.73. The van der Waals surface area contributed by atoms with Crippen LogP contribution in [0.1, 0.15) is 51.9 Å². The highest BCUT2D eigenvalue weighted by Crippen LogP contribution is 2.12. The Morgan fingerprint density at radius 3 is 2.45 bits per heavy atom. The Morgan fingerprint density at radius 1 is 1.18 bits per heavy atom. The van der Waals surface area contributed by atoms with Crippen molar-refractivity contribution in [3.05, 3.63) is 0 Å². The predicted octanol–water partition coefficient (Wildman–Crippen LogP) is 2.71. The van der Waals surface area contributed by atoms with E-state index in [2.05, 4.69) is 12.2 Å². The van der Waals surface area contributed by atoms with Crippen molar-refractivity contribution in [1.29, 1.82) is 0 Å². The standard InChI is InChI=1S/C10H21N/c1-2-3-4-5-6-7-10-8-9-11-10/h10-11H,2-9H2,1H3. The van der Waals surface area contributed by atoms with E-state index in [0.717, 1.165) is 6.04 Å². The Hall–Kier alpha value is -0.0400. The van der Waals surface area contributed by atoms with Crippen LogP contribution in [-0.4, -0.2) is 12.6 Å². The van der Waals surface area contributed by atoms with E-state index >= 15 is 0 Å². The van der Waals surface area contributed by atoms with Gasteiger partial charge in [0, 0.05) is 6.04 Å². The third-order valence-electron chi connectivity index (χ3n) is 2.58. The lowest BCUT2D eigenvalue weighted by atomic mass is 9.99. The number of nitrogens with one attached hydrogen (secondary N) is 1. The summed E-state index contributed by atoms with van der Waals surface area (Å²) >= 11 is 0. The SMILES string of the molecule is CCCCCCCC1CCN1. The van der Waals surface area contributed by atoms with Crippen LogP contribution in [0, 0.1) is 0 Å². The fourth-order valence-electron chi connectivity index (χ4n) is 1.59. The quantitative estimate of drug-likeness (QED) is 0.581. The normalized spacial score (nSPS) is 23.2. The molecule has 1 saturated heterocycles. The van der Waals surface area contributed by atoms with Crippen LogP contribution in [0.2, 0.25) is 0 Å². The summed E-state index contributed by atoms with van der Waals surface area (Å²) in [5.41, 5.74) is 0. The van der Waals surface area contributed by atoms with E-state index in [1.165, 1.54) is 51.5 Å². The summed E-state index contributed by atoms with van der Waals surface area (Å²) in [4.78, 5) is 0. The first-order valence-corrected chi connectivity index (χ1v) is 5.17. The molecule has 1 atom stereocenters. The van der Waals surface area contributed by atoms with E-state index < -0.39 is 0 Å². The van der Waals surface area contributed by atoms with Gasteiger partial charge in [-0.1, -0.05) is 39.0 Å². The minimum atomic E-state index is 0.886. The third-order valence-corrected chi connectivity index (χ3v) is 2.58. The van der Waals surface area contributed by atoms with Crippen molar-refractivity contribution < 1.29 is 0 Å². The molecule has 1 fully saturated rings. The van der Waals surface area contributed by atoms with E-state index in [0.29, 0.717) is 0 Å². The van der Waals surface area contributed by atoms with Crippen LogP contribution in [-0.2, 0) is 0 Å². The lowest BCUT2D eigenvalue weighted by Gasteiger charge is -2.27. The molecule has 1 heteroatoms. The van der Waals surface area contributed by atoms with Crippen LogP contribution in [0.5, 0.6) is 0 Å². The molecule has 1 nitrogen and oxygen atoms in total. The Kier molecular flexibility index (Phi) is 4.60. The maximum Gasteiger partial charge on any atom is 0.00791 e. The summed E-state index contributed by atoms with van der Waals surface area (Å²) in [5.74, 6) is 0. The fourth-order valence-corrected chi connectivity index (χ4v) is 1.59. The Labute approximate surface area is 70.6 Å². The summed E-state index contributed by atoms with van der Waals surface area (Å²) < 4.78 is 0. The molecule has 0 amide bonds. The van der Waals surface area contributed by atoms with Gasteiger partial charge in [0.25, 0.3) is 0 Å². The molecule has 1 aliphatic rings. The van der Waals surface area contributed by atoms with Crippen molar-refractivity contribution in [1.82, 2.24) is 5.32 Å². The van der Waals surface area contributed by atoms with Gasteiger partial charge in [-0.3, -0.25) is 0 Å². The van der Waals surface area contributed by atoms with Gasteiger partial charge < -0.3 is 5.32 Å². The number of hydrogen-bond acceptors (Lipinski definition) is 1. The molecule has 11 heavy (non-hydrogen) atoms. The molecule has 1 aliphatic heterocycles. The number of hydrogen-bond donors (Lipinski definition) is 1. The van der Waals surface area contributed by atoms with Gasteiger partial charge in [0.1, 0.15) is 0 Å². The summed E-state index contributed by atoms with van der Waals surface area (Å²) in [6.45, 7) is 3.53. The summed E-state index contributed by atoms with van der Waals surface area (Å²) in [5, 5.41) is 3.44. The summed E-state index contributed by atoms with van der Waals surface area (Å²) in [6.07, 6.45) is 9.98. The van der Waals surface area contributed by atoms with Crippen molar-refractivity contribution in [2.24, 2.45) is 0 Å². The molecule has 0 aromatic rings. The first-order valence-electron chi connectivity index (χ1n) is 5.17. The van der Waals surface area contributed by atoms with E-state index in [-0.39, 0.29) is 0 Å². The largest absolute Gasteiger partial charge is 0.314 e. The van der Waals surface area contributed by atoms with Gasteiger partial charge in [0.15, 0.2) is 0 Å². The lowest BCUT2D eigenvalue weighted by molar-refractivity contribution is 0.339. The Bertz CT molecular complexity index is 86.9. The monoisotopic (exact) mass is 155 g/mol.